The zero-order valence-electron chi connectivity index (χ0n) is 13.0. The predicted octanol–water partition coefficient (Wildman–Crippen LogP) is 2.95. The van der Waals surface area contributed by atoms with Gasteiger partial charge in [0.2, 0.25) is 0 Å². The second kappa shape index (κ2) is 5.77. The van der Waals surface area contributed by atoms with Gasteiger partial charge in [0.25, 0.3) is 11.6 Å². The molecule has 1 aliphatic heterocycles. The third-order valence-corrected chi connectivity index (χ3v) is 4.56. The molecule has 1 fully saturated rings. The molecule has 1 aromatic rings. The normalized spacial score (nSPS) is 26.8. The van der Waals surface area contributed by atoms with Crippen LogP contribution >= 0.6 is 0 Å². The molecule has 0 saturated heterocycles. The molecular formula is C16H17F3N2O3. The molecule has 3 rings (SSSR count). The third-order valence-electron chi connectivity index (χ3n) is 4.56. The minimum atomic E-state index is -5.00. The number of alkyl halides is 3. The molecule has 24 heavy (non-hydrogen) atoms. The van der Waals surface area contributed by atoms with E-state index < -0.39 is 23.7 Å². The largest absolute Gasteiger partial charge is 0.497 e. The van der Waals surface area contributed by atoms with Gasteiger partial charge in [-0.2, -0.15) is 23.3 Å². The first-order chi connectivity index (χ1) is 11.3. The number of rotatable bonds is 2. The van der Waals surface area contributed by atoms with Crippen molar-refractivity contribution in [1.29, 1.82) is 0 Å². The summed E-state index contributed by atoms with van der Waals surface area (Å²) < 4.78 is 45.8. The summed E-state index contributed by atoms with van der Waals surface area (Å²) in [5.41, 5.74) is -3.05. The first-order valence-corrected chi connectivity index (χ1v) is 7.64. The van der Waals surface area contributed by atoms with Crippen molar-refractivity contribution in [3.8, 4) is 5.75 Å². The van der Waals surface area contributed by atoms with E-state index >= 15 is 0 Å². The lowest BCUT2D eigenvalue weighted by atomic mass is 9.80. The summed E-state index contributed by atoms with van der Waals surface area (Å²) in [5.74, 6) is -1.72. The van der Waals surface area contributed by atoms with Crippen LogP contribution < -0.4 is 4.74 Å². The van der Waals surface area contributed by atoms with E-state index in [1.165, 1.54) is 31.4 Å². The van der Waals surface area contributed by atoms with Crippen LogP contribution in [0.2, 0.25) is 0 Å². The smallest absolute Gasteiger partial charge is 0.439 e. The van der Waals surface area contributed by atoms with Crippen LogP contribution in [0.25, 0.3) is 0 Å². The lowest BCUT2D eigenvalue weighted by Gasteiger charge is -2.38. The number of carbonyl (C=O) groups is 1. The molecule has 1 aliphatic carbocycles. The van der Waals surface area contributed by atoms with E-state index in [0.29, 0.717) is 25.0 Å². The van der Waals surface area contributed by atoms with Gasteiger partial charge >= 0.3 is 6.18 Å². The molecule has 1 amide bonds. The van der Waals surface area contributed by atoms with Crippen molar-refractivity contribution < 1.29 is 27.8 Å². The number of hydrazone groups is 1. The minimum absolute atomic E-state index is 0.00136. The lowest BCUT2D eigenvalue weighted by Crippen LogP contribution is -2.61. The number of aliphatic hydroxyl groups is 1. The van der Waals surface area contributed by atoms with Crippen LogP contribution in [0.15, 0.2) is 29.4 Å². The van der Waals surface area contributed by atoms with Crippen LogP contribution in [-0.4, -0.2) is 40.7 Å². The number of fused-ring (bicyclic) bond motifs is 1. The van der Waals surface area contributed by atoms with Gasteiger partial charge < -0.3 is 9.84 Å². The van der Waals surface area contributed by atoms with Gasteiger partial charge in [0.1, 0.15) is 5.75 Å². The summed E-state index contributed by atoms with van der Waals surface area (Å²) in [7, 11) is 1.44. The molecule has 8 heteroatoms. The Bertz CT molecular complexity index is 672. The maximum absolute atomic E-state index is 13.6. The van der Waals surface area contributed by atoms with Crippen LogP contribution in [0.5, 0.6) is 5.75 Å². The Labute approximate surface area is 136 Å². The average molecular weight is 342 g/mol. The van der Waals surface area contributed by atoms with Crippen molar-refractivity contribution in [3.63, 3.8) is 0 Å². The molecule has 1 saturated carbocycles. The maximum Gasteiger partial charge on any atom is 0.439 e. The van der Waals surface area contributed by atoms with Crippen LogP contribution in [0, 0.1) is 5.92 Å². The standard InChI is InChI=1S/C16H17F3N2O3/c1-24-11-8-6-10(7-9-11)14(22)21-15(23,16(17,18)19)12-4-2-3-5-13(12)20-21/h6-9,12,23H,2-5H2,1H3/t12-,15-/m1/s1. The number of nitrogens with zero attached hydrogens (tertiary/aromatic N) is 2. The fourth-order valence-corrected chi connectivity index (χ4v) is 3.27. The molecule has 0 spiro atoms. The Hall–Kier alpha value is -2.09. The Kier molecular flexibility index (Phi) is 4.03. The fraction of sp³-hybridized carbons (Fsp3) is 0.500. The summed E-state index contributed by atoms with van der Waals surface area (Å²) >= 11 is 0. The van der Waals surface area contributed by atoms with Gasteiger partial charge in [-0.05, 0) is 43.5 Å². The second-order valence-electron chi connectivity index (χ2n) is 5.96. The third kappa shape index (κ3) is 2.45. The monoisotopic (exact) mass is 342 g/mol. The van der Waals surface area contributed by atoms with Crippen molar-refractivity contribution in [2.45, 2.75) is 37.6 Å². The first-order valence-electron chi connectivity index (χ1n) is 7.64. The Morgan fingerprint density at radius 2 is 2.00 bits per heavy atom. The zero-order valence-corrected chi connectivity index (χ0v) is 13.0. The molecule has 1 N–H and O–H groups in total. The molecule has 0 radical (unpaired) electrons. The number of carbonyl (C=O) groups excluding carboxylic acids is 1. The molecule has 130 valence electrons. The van der Waals surface area contributed by atoms with Gasteiger partial charge in [0.05, 0.1) is 13.0 Å². The Balaban J connectivity index is 1.99. The highest BCUT2D eigenvalue weighted by atomic mass is 19.4. The lowest BCUT2D eigenvalue weighted by molar-refractivity contribution is -0.312. The van der Waals surface area contributed by atoms with E-state index in [1.54, 1.807) is 0 Å². The number of hydrogen-bond donors (Lipinski definition) is 1. The fourth-order valence-electron chi connectivity index (χ4n) is 3.27. The molecule has 1 aromatic carbocycles. The van der Waals surface area contributed by atoms with Crippen molar-refractivity contribution in [2.24, 2.45) is 11.0 Å². The van der Waals surface area contributed by atoms with Crippen molar-refractivity contribution in [3.05, 3.63) is 29.8 Å². The highest BCUT2D eigenvalue weighted by Crippen LogP contribution is 2.48. The molecular weight excluding hydrogens is 325 g/mol. The van der Waals surface area contributed by atoms with Crippen LogP contribution in [0.1, 0.15) is 36.0 Å². The highest BCUT2D eigenvalue weighted by Gasteiger charge is 2.68. The van der Waals surface area contributed by atoms with Crippen LogP contribution in [-0.2, 0) is 0 Å². The topological polar surface area (TPSA) is 62.1 Å². The Morgan fingerprint density at radius 1 is 1.33 bits per heavy atom. The van der Waals surface area contributed by atoms with E-state index in [0.717, 1.165) is 0 Å². The maximum atomic E-state index is 13.6. The predicted molar refractivity (Wildman–Crippen MR) is 79.6 cm³/mol. The highest BCUT2D eigenvalue weighted by molar-refractivity contribution is 5.99. The van der Waals surface area contributed by atoms with Gasteiger partial charge in [-0.3, -0.25) is 4.79 Å². The van der Waals surface area contributed by atoms with Gasteiger partial charge in [-0.1, -0.05) is 6.42 Å². The molecule has 1 heterocycles. The summed E-state index contributed by atoms with van der Waals surface area (Å²) in [4.78, 5) is 12.6. The van der Waals surface area contributed by atoms with E-state index in [1.807, 2.05) is 0 Å². The molecule has 0 unspecified atom stereocenters. The van der Waals surface area contributed by atoms with Gasteiger partial charge in [0, 0.05) is 11.3 Å². The van der Waals surface area contributed by atoms with E-state index in [-0.39, 0.29) is 22.7 Å². The first kappa shape index (κ1) is 16.8. The van der Waals surface area contributed by atoms with Gasteiger partial charge in [-0.25, -0.2) is 0 Å². The summed E-state index contributed by atoms with van der Waals surface area (Å²) in [6.07, 6.45) is -3.22. The molecule has 0 aromatic heterocycles. The Morgan fingerprint density at radius 3 is 2.58 bits per heavy atom. The average Bonchev–Trinajstić information content (AvgIpc) is 2.89. The van der Waals surface area contributed by atoms with Gasteiger partial charge in [-0.15, -0.1) is 0 Å². The molecule has 2 aliphatic rings. The van der Waals surface area contributed by atoms with Crippen molar-refractivity contribution in [1.82, 2.24) is 5.01 Å². The molecule has 2 atom stereocenters. The number of ether oxygens (including phenoxy) is 1. The minimum Gasteiger partial charge on any atom is -0.497 e. The number of methoxy groups -OCH3 is 1. The molecule has 0 bridgehead atoms. The quantitative estimate of drug-likeness (QED) is 0.899. The number of halogens is 3. The summed E-state index contributed by atoms with van der Waals surface area (Å²) in [6.45, 7) is 0. The number of amides is 1. The second-order valence-corrected chi connectivity index (χ2v) is 5.96. The van der Waals surface area contributed by atoms with E-state index in [9.17, 15) is 23.1 Å². The van der Waals surface area contributed by atoms with Crippen molar-refractivity contribution >= 4 is 11.6 Å². The van der Waals surface area contributed by atoms with Crippen LogP contribution in [0.3, 0.4) is 0 Å². The summed E-state index contributed by atoms with van der Waals surface area (Å²) in [6, 6.07) is 5.63. The number of hydrogen-bond acceptors (Lipinski definition) is 4. The SMILES string of the molecule is COc1ccc(C(=O)N2N=C3CCCC[C@H]3[C@@]2(O)C(F)(F)F)cc1. The van der Waals surface area contributed by atoms with E-state index in [2.05, 4.69) is 5.10 Å². The van der Waals surface area contributed by atoms with E-state index in [4.69, 9.17) is 4.74 Å². The zero-order chi connectivity index (χ0) is 17.5. The van der Waals surface area contributed by atoms with Crippen LogP contribution in [0.4, 0.5) is 13.2 Å². The van der Waals surface area contributed by atoms with Crippen molar-refractivity contribution in [2.75, 3.05) is 7.11 Å². The molecule has 5 nitrogen and oxygen atoms in total. The summed E-state index contributed by atoms with van der Waals surface area (Å²) in [5, 5.41) is 14.5. The number of benzene rings is 1. The van der Waals surface area contributed by atoms with Gasteiger partial charge in [0.15, 0.2) is 0 Å².